The second kappa shape index (κ2) is 8.39. The molecule has 96 valence electrons. The summed E-state index contributed by atoms with van der Waals surface area (Å²) in [4.78, 5) is 4.46. The van der Waals surface area contributed by atoms with Crippen molar-refractivity contribution in [2.75, 3.05) is 26.8 Å². The quantitative estimate of drug-likeness (QED) is 0.572. The Hall–Kier alpha value is -0.710. The molecule has 0 radical (unpaired) electrons. The molecule has 0 spiro atoms. The van der Waals surface area contributed by atoms with Gasteiger partial charge in [-0.3, -0.25) is 0 Å². The second-order valence-corrected chi connectivity index (χ2v) is 5.18. The number of ether oxygens (including phenoxy) is 1. The zero-order valence-electron chi connectivity index (χ0n) is 11.0. The van der Waals surface area contributed by atoms with Crippen molar-refractivity contribution in [3.8, 4) is 0 Å². The van der Waals surface area contributed by atoms with Crippen LogP contribution in [0.5, 0.6) is 0 Å². The fourth-order valence-electron chi connectivity index (χ4n) is 1.57. The van der Waals surface area contributed by atoms with Crippen molar-refractivity contribution in [1.82, 2.24) is 10.3 Å². The van der Waals surface area contributed by atoms with Gasteiger partial charge in [-0.25, -0.2) is 4.98 Å². The summed E-state index contributed by atoms with van der Waals surface area (Å²) in [5.74, 6) is 0. The highest BCUT2D eigenvalue weighted by Gasteiger charge is 1.98. The van der Waals surface area contributed by atoms with Crippen LogP contribution in [0.25, 0.3) is 0 Å². The van der Waals surface area contributed by atoms with Gasteiger partial charge < -0.3 is 10.1 Å². The lowest BCUT2D eigenvalue weighted by atomic mass is 10.1. The van der Waals surface area contributed by atoms with Gasteiger partial charge in [-0.2, -0.15) is 0 Å². The first-order chi connectivity index (χ1) is 8.22. The van der Waals surface area contributed by atoms with Crippen molar-refractivity contribution in [2.45, 2.75) is 26.7 Å². The predicted octanol–water partition coefficient (Wildman–Crippen LogP) is 2.57. The summed E-state index contributed by atoms with van der Waals surface area (Å²) >= 11 is 1.72. The summed E-state index contributed by atoms with van der Waals surface area (Å²) in [5.41, 5.74) is 2.58. The van der Waals surface area contributed by atoms with Gasteiger partial charge in [-0.05, 0) is 26.8 Å². The first kappa shape index (κ1) is 14.4. The lowest BCUT2D eigenvalue weighted by Gasteiger charge is -2.02. The van der Waals surface area contributed by atoms with Gasteiger partial charge in [0.15, 0.2) is 0 Å². The third-order valence-corrected chi connectivity index (χ3v) is 3.25. The van der Waals surface area contributed by atoms with Crippen molar-refractivity contribution >= 4 is 11.3 Å². The summed E-state index contributed by atoms with van der Waals surface area (Å²) in [7, 11) is 1.72. The van der Waals surface area contributed by atoms with Crippen molar-refractivity contribution in [1.29, 1.82) is 0 Å². The number of hydrogen-bond acceptors (Lipinski definition) is 4. The molecule has 0 aromatic carbocycles. The normalized spacial score (nSPS) is 12.1. The second-order valence-electron chi connectivity index (χ2n) is 4.12. The van der Waals surface area contributed by atoms with Crippen LogP contribution in [-0.4, -0.2) is 31.8 Å². The van der Waals surface area contributed by atoms with Gasteiger partial charge in [0.2, 0.25) is 0 Å². The van der Waals surface area contributed by atoms with Crippen LogP contribution in [0.4, 0.5) is 0 Å². The van der Waals surface area contributed by atoms with Gasteiger partial charge in [0.05, 0.1) is 17.3 Å². The fourth-order valence-corrected chi connectivity index (χ4v) is 2.18. The number of nitrogens with one attached hydrogen (secondary N) is 1. The zero-order chi connectivity index (χ0) is 12.5. The van der Waals surface area contributed by atoms with Crippen LogP contribution >= 0.6 is 11.3 Å². The molecule has 1 aromatic heterocycles. The third-order valence-electron chi connectivity index (χ3n) is 2.42. The van der Waals surface area contributed by atoms with E-state index in [0.29, 0.717) is 0 Å². The molecule has 0 bridgehead atoms. The molecule has 17 heavy (non-hydrogen) atoms. The van der Waals surface area contributed by atoms with Gasteiger partial charge in [-0.15, -0.1) is 11.3 Å². The topological polar surface area (TPSA) is 34.1 Å². The van der Waals surface area contributed by atoms with E-state index in [1.54, 1.807) is 18.4 Å². The summed E-state index contributed by atoms with van der Waals surface area (Å²) in [5, 5.41) is 6.62. The van der Waals surface area contributed by atoms with E-state index < -0.39 is 0 Å². The first-order valence-electron chi connectivity index (χ1n) is 5.98. The smallest absolute Gasteiger partial charge is 0.0897 e. The van der Waals surface area contributed by atoms with Crippen molar-refractivity contribution in [2.24, 2.45) is 0 Å². The minimum Gasteiger partial charge on any atom is -0.383 e. The molecule has 0 aliphatic rings. The Morgan fingerprint density at radius 1 is 1.53 bits per heavy atom. The maximum atomic E-state index is 4.97. The van der Waals surface area contributed by atoms with Gasteiger partial charge >= 0.3 is 0 Å². The molecular weight excluding hydrogens is 232 g/mol. The molecule has 0 atom stereocenters. The number of thiazole rings is 1. The minimum absolute atomic E-state index is 0.779. The lowest BCUT2D eigenvalue weighted by molar-refractivity contribution is 0.199. The monoisotopic (exact) mass is 254 g/mol. The van der Waals surface area contributed by atoms with Gasteiger partial charge in [-0.1, -0.05) is 11.6 Å². The average molecular weight is 254 g/mol. The molecule has 1 heterocycles. The van der Waals surface area contributed by atoms with Crippen LogP contribution in [-0.2, 0) is 11.2 Å². The maximum Gasteiger partial charge on any atom is 0.0897 e. The van der Waals surface area contributed by atoms with Crippen LogP contribution in [0, 0.1) is 6.92 Å². The van der Waals surface area contributed by atoms with Gasteiger partial charge in [0, 0.05) is 25.5 Å². The third kappa shape index (κ3) is 6.56. The Bertz CT molecular complexity index is 347. The molecule has 3 nitrogen and oxygen atoms in total. The number of aryl methyl sites for hydroxylation is 1. The molecule has 0 fully saturated rings. The minimum atomic E-state index is 0.779. The molecule has 4 heteroatoms. The average Bonchev–Trinajstić information content (AvgIpc) is 2.69. The number of nitrogens with zero attached hydrogens (tertiary/aromatic N) is 1. The van der Waals surface area contributed by atoms with Crippen molar-refractivity contribution in [3.63, 3.8) is 0 Å². The molecule has 1 rings (SSSR count). The molecule has 1 N–H and O–H groups in total. The van der Waals surface area contributed by atoms with E-state index in [4.69, 9.17) is 4.74 Å². The Balaban J connectivity index is 2.16. The number of methoxy groups -OCH3 is 1. The van der Waals surface area contributed by atoms with Crippen LogP contribution < -0.4 is 5.32 Å². The molecule has 1 aromatic rings. The van der Waals surface area contributed by atoms with Crippen LogP contribution in [0.2, 0.25) is 0 Å². The molecular formula is C13H22N2OS. The van der Waals surface area contributed by atoms with Gasteiger partial charge in [0.25, 0.3) is 0 Å². The highest BCUT2D eigenvalue weighted by atomic mass is 32.1. The summed E-state index contributed by atoms with van der Waals surface area (Å²) in [6, 6.07) is 0. The summed E-state index contributed by atoms with van der Waals surface area (Å²) < 4.78 is 4.97. The number of hydrogen-bond donors (Lipinski definition) is 1. The van der Waals surface area contributed by atoms with E-state index in [1.165, 1.54) is 11.3 Å². The Morgan fingerprint density at radius 3 is 3.00 bits per heavy atom. The molecule has 0 amide bonds. The van der Waals surface area contributed by atoms with E-state index in [9.17, 15) is 0 Å². The SMILES string of the molecule is COCCNCCC=C(C)Cc1csc(C)n1. The Kier molecular flexibility index (Phi) is 7.08. The van der Waals surface area contributed by atoms with Gasteiger partial charge in [0.1, 0.15) is 0 Å². The van der Waals surface area contributed by atoms with Crippen LogP contribution in [0.1, 0.15) is 24.0 Å². The first-order valence-corrected chi connectivity index (χ1v) is 6.86. The largest absolute Gasteiger partial charge is 0.383 e. The Morgan fingerprint density at radius 2 is 2.35 bits per heavy atom. The highest BCUT2D eigenvalue weighted by Crippen LogP contribution is 2.12. The number of aromatic nitrogens is 1. The summed E-state index contributed by atoms with van der Waals surface area (Å²) in [6.07, 6.45) is 4.33. The standard InChI is InChI=1S/C13H22N2OS/c1-11(5-4-6-14-7-8-16-3)9-13-10-17-12(2)15-13/h5,10,14H,4,6-9H2,1-3H3. The predicted molar refractivity (Wildman–Crippen MR) is 73.7 cm³/mol. The van der Waals surface area contributed by atoms with E-state index in [2.05, 4.69) is 28.7 Å². The van der Waals surface area contributed by atoms with Crippen molar-refractivity contribution < 1.29 is 4.74 Å². The lowest BCUT2D eigenvalue weighted by Crippen LogP contribution is -2.19. The van der Waals surface area contributed by atoms with E-state index >= 15 is 0 Å². The van der Waals surface area contributed by atoms with E-state index in [0.717, 1.165) is 37.5 Å². The molecule has 0 unspecified atom stereocenters. The molecule has 0 saturated heterocycles. The van der Waals surface area contributed by atoms with E-state index in [-0.39, 0.29) is 0 Å². The molecule has 0 aliphatic heterocycles. The number of rotatable bonds is 8. The maximum absolute atomic E-state index is 4.97. The molecule has 0 aliphatic carbocycles. The fraction of sp³-hybridized carbons (Fsp3) is 0.615. The van der Waals surface area contributed by atoms with Crippen LogP contribution in [0.15, 0.2) is 17.0 Å². The summed E-state index contributed by atoms with van der Waals surface area (Å²) in [6.45, 7) is 6.93. The highest BCUT2D eigenvalue weighted by molar-refractivity contribution is 7.09. The Labute approximate surface area is 108 Å². The zero-order valence-corrected chi connectivity index (χ0v) is 11.8. The molecule has 0 saturated carbocycles. The van der Waals surface area contributed by atoms with Crippen molar-refractivity contribution in [3.05, 3.63) is 27.7 Å². The van der Waals surface area contributed by atoms with Crippen LogP contribution in [0.3, 0.4) is 0 Å². The number of allylic oxidation sites excluding steroid dienone is 1. The van der Waals surface area contributed by atoms with E-state index in [1.807, 2.05) is 6.92 Å².